The van der Waals surface area contributed by atoms with Crippen LogP contribution in [0.2, 0.25) is 0 Å². The van der Waals surface area contributed by atoms with Crippen molar-refractivity contribution in [1.29, 1.82) is 0 Å². The van der Waals surface area contributed by atoms with Crippen LogP contribution in [0, 0.1) is 0 Å². The van der Waals surface area contributed by atoms with Gasteiger partial charge in [0.2, 0.25) is 0 Å². The molecule has 98 valence electrons. The molecule has 0 atom stereocenters. The lowest BCUT2D eigenvalue weighted by Crippen LogP contribution is -2.14. The van der Waals surface area contributed by atoms with Gasteiger partial charge in [0.05, 0.1) is 9.35 Å². The third-order valence-electron chi connectivity index (χ3n) is 3.14. The molecule has 3 nitrogen and oxygen atoms in total. The van der Waals surface area contributed by atoms with Gasteiger partial charge in [-0.3, -0.25) is 4.79 Å². The number of amides is 1. The molecule has 0 radical (unpaired) electrons. The molecule has 1 aromatic carbocycles. The summed E-state index contributed by atoms with van der Waals surface area (Å²) in [5, 5.41) is 8.14. The van der Waals surface area contributed by atoms with Crippen molar-refractivity contribution in [2.75, 3.05) is 17.2 Å². The first-order valence-electron chi connectivity index (χ1n) is 6.14. The van der Waals surface area contributed by atoms with Crippen LogP contribution in [-0.4, -0.2) is 12.5 Å². The lowest BCUT2D eigenvalue weighted by atomic mass is 10.0. The summed E-state index contributed by atoms with van der Waals surface area (Å²) < 4.78 is 0.963. The predicted octanol–water partition coefficient (Wildman–Crippen LogP) is 4.12. The molecule has 0 saturated carbocycles. The largest absolute Gasteiger partial charge is 0.385 e. The van der Waals surface area contributed by atoms with Crippen molar-refractivity contribution >= 4 is 44.5 Å². The standard InChI is InChI=1S/C14H13BrN2OS/c15-13-6-10(8-19-13)14(18)17-11-4-3-9-2-1-5-16-12(9)7-11/h3-4,6-8,16H,1-2,5H2,(H,17,18). The number of rotatable bonds is 2. The first-order chi connectivity index (χ1) is 9.22. The van der Waals surface area contributed by atoms with Gasteiger partial charge in [-0.1, -0.05) is 6.07 Å². The van der Waals surface area contributed by atoms with E-state index in [2.05, 4.69) is 32.6 Å². The van der Waals surface area contributed by atoms with Crippen LogP contribution in [0.25, 0.3) is 0 Å². The Morgan fingerprint density at radius 1 is 1.37 bits per heavy atom. The van der Waals surface area contributed by atoms with E-state index in [1.54, 1.807) is 0 Å². The molecule has 0 saturated heterocycles. The van der Waals surface area contributed by atoms with Gasteiger partial charge < -0.3 is 10.6 Å². The van der Waals surface area contributed by atoms with Crippen LogP contribution >= 0.6 is 27.3 Å². The maximum Gasteiger partial charge on any atom is 0.256 e. The highest BCUT2D eigenvalue weighted by atomic mass is 79.9. The number of anilines is 2. The average molecular weight is 337 g/mol. The van der Waals surface area contributed by atoms with Crippen molar-refractivity contribution < 1.29 is 4.79 Å². The zero-order chi connectivity index (χ0) is 13.2. The third-order valence-corrected chi connectivity index (χ3v) is 4.64. The van der Waals surface area contributed by atoms with Gasteiger partial charge in [-0.25, -0.2) is 0 Å². The van der Waals surface area contributed by atoms with Crippen molar-refractivity contribution in [2.24, 2.45) is 0 Å². The fourth-order valence-electron chi connectivity index (χ4n) is 2.17. The van der Waals surface area contributed by atoms with Crippen molar-refractivity contribution in [3.8, 4) is 0 Å². The summed E-state index contributed by atoms with van der Waals surface area (Å²) in [7, 11) is 0. The number of carbonyl (C=O) groups is 1. The summed E-state index contributed by atoms with van der Waals surface area (Å²) in [5.41, 5.74) is 3.97. The van der Waals surface area contributed by atoms with Gasteiger partial charge in [-0.05, 0) is 52.5 Å². The zero-order valence-electron chi connectivity index (χ0n) is 10.2. The van der Waals surface area contributed by atoms with E-state index in [1.165, 1.54) is 23.3 Å². The second-order valence-electron chi connectivity index (χ2n) is 4.50. The number of aryl methyl sites for hydroxylation is 1. The summed E-state index contributed by atoms with van der Waals surface area (Å²) in [4.78, 5) is 12.0. The van der Waals surface area contributed by atoms with E-state index in [9.17, 15) is 4.79 Å². The van der Waals surface area contributed by atoms with E-state index in [1.807, 2.05) is 23.6 Å². The van der Waals surface area contributed by atoms with Gasteiger partial charge in [-0.15, -0.1) is 11.3 Å². The normalized spacial score (nSPS) is 13.5. The van der Waals surface area contributed by atoms with Gasteiger partial charge in [0.25, 0.3) is 5.91 Å². The Kier molecular flexibility index (Phi) is 3.57. The second-order valence-corrected chi connectivity index (χ2v) is 6.79. The molecule has 0 aliphatic carbocycles. The van der Waals surface area contributed by atoms with Gasteiger partial charge in [0.1, 0.15) is 0 Å². The van der Waals surface area contributed by atoms with E-state index in [4.69, 9.17) is 0 Å². The van der Waals surface area contributed by atoms with Crippen LogP contribution in [0.3, 0.4) is 0 Å². The van der Waals surface area contributed by atoms with Crippen LogP contribution in [0.5, 0.6) is 0 Å². The Morgan fingerprint density at radius 3 is 3.05 bits per heavy atom. The van der Waals surface area contributed by atoms with Crippen molar-refractivity contribution in [3.63, 3.8) is 0 Å². The highest BCUT2D eigenvalue weighted by Gasteiger charge is 2.11. The molecule has 2 heterocycles. The zero-order valence-corrected chi connectivity index (χ0v) is 12.6. The summed E-state index contributed by atoms with van der Waals surface area (Å²) in [5.74, 6) is -0.0716. The highest BCUT2D eigenvalue weighted by Crippen LogP contribution is 2.26. The molecule has 0 spiro atoms. The molecule has 5 heteroatoms. The first kappa shape index (κ1) is 12.7. The molecule has 3 rings (SSSR count). The van der Waals surface area contributed by atoms with E-state index in [0.29, 0.717) is 5.56 Å². The molecule has 2 N–H and O–H groups in total. The van der Waals surface area contributed by atoms with E-state index in [0.717, 1.165) is 28.1 Å². The third kappa shape index (κ3) is 2.82. The monoisotopic (exact) mass is 336 g/mol. The van der Waals surface area contributed by atoms with Gasteiger partial charge in [0.15, 0.2) is 0 Å². The van der Waals surface area contributed by atoms with E-state index in [-0.39, 0.29) is 5.91 Å². The number of nitrogens with one attached hydrogen (secondary N) is 2. The maximum atomic E-state index is 12.0. The van der Waals surface area contributed by atoms with Crippen molar-refractivity contribution in [1.82, 2.24) is 0 Å². The molecule has 1 amide bonds. The van der Waals surface area contributed by atoms with Crippen LogP contribution in [0.15, 0.2) is 33.4 Å². The van der Waals surface area contributed by atoms with E-state index >= 15 is 0 Å². The predicted molar refractivity (Wildman–Crippen MR) is 83.2 cm³/mol. The van der Waals surface area contributed by atoms with Crippen LogP contribution in [0.4, 0.5) is 11.4 Å². The number of halogens is 1. The molecular formula is C14H13BrN2OS. The van der Waals surface area contributed by atoms with Crippen molar-refractivity contribution in [3.05, 3.63) is 44.6 Å². The number of benzene rings is 1. The van der Waals surface area contributed by atoms with Gasteiger partial charge in [-0.2, -0.15) is 0 Å². The molecular weight excluding hydrogens is 324 g/mol. The molecule has 0 fully saturated rings. The quantitative estimate of drug-likeness (QED) is 0.865. The number of hydrogen-bond acceptors (Lipinski definition) is 3. The topological polar surface area (TPSA) is 41.1 Å². The number of thiophene rings is 1. The Labute approximate surface area is 124 Å². The summed E-state index contributed by atoms with van der Waals surface area (Å²) >= 11 is 4.87. The SMILES string of the molecule is O=C(Nc1ccc2c(c1)NCCC2)c1csc(Br)c1. The molecule has 19 heavy (non-hydrogen) atoms. The molecule has 0 unspecified atom stereocenters. The van der Waals surface area contributed by atoms with Crippen molar-refractivity contribution in [2.45, 2.75) is 12.8 Å². The van der Waals surface area contributed by atoms with E-state index < -0.39 is 0 Å². The molecule has 1 aliphatic rings. The van der Waals surface area contributed by atoms with Crippen LogP contribution < -0.4 is 10.6 Å². The van der Waals surface area contributed by atoms with Crippen LogP contribution in [0.1, 0.15) is 22.3 Å². The number of carbonyl (C=O) groups excluding carboxylic acids is 1. The number of fused-ring (bicyclic) bond motifs is 1. The summed E-state index contributed by atoms with van der Waals surface area (Å²) in [6.07, 6.45) is 2.27. The minimum absolute atomic E-state index is 0.0716. The maximum absolute atomic E-state index is 12.0. The minimum Gasteiger partial charge on any atom is -0.385 e. The molecule has 1 aliphatic heterocycles. The van der Waals surface area contributed by atoms with Gasteiger partial charge >= 0.3 is 0 Å². The summed E-state index contributed by atoms with van der Waals surface area (Å²) in [6, 6.07) is 7.89. The average Bonchev–Trinajstić information content (AvgIpc) is 2.85. The lowest BCUT2D eigenvalue weighted by Gasteiger charge is -2.18. The fourth-order valence-corrected chi connectivity index (χ4v) is 3.31. The Hall–Kier alpha value is -1.33. The Morgan fingerprint density at radius 2 is 2.26 bits per heavy atom. The fraction of sp³-hybridized carbons (Fsp3) is 0.214. The molecule has 2 aromatic rings. The molecule has 1 aromatic heterocycles. The van der Waals surface area contributed by atoms with Crippen LogP contribution in [-0.2, 0) is 6.42 Å². The number of hydrogen-bond donors (Lipinski definition) is 2. The molecule has 0 bridgehead atoms. The smallest absolute Gasteiger partial charge is 0.256 e. The summed E-state index contributed by atoms with van der Waals surface area (Å²) in [6.45, 7) is 1.00. The second kappa shape index (κ2) is 5.35. The minimum atomic E-state index is -0.0716. The lowest BCUT2D eigenvalue weighted by molar-refractivity contribution is 0.102. The highest BCUT2D eigenvalue weighted by molar-refractivity contribution is 9.11. The first-order valence-corrected chi connectivity index (χ1v) is 7.82. The Bertz CT molecular complexity index is 624. The van der Waals surface area contributed by atoms with Gasteiger partial charge in [0, 0.05) is 23.3 Å². The Balaban J connectivity index is 1.78.